The van der Waals surface area contributed by atoms with Crippen LogP contribution in [0.1, 0.15) is 26.2 Å². The van der Waals surface area contributed by atoms with Gasteiger partial charge in [-0.25, -0.2) is 0 Å². The fraction of sp³-hybridized carbons (Fsp3) is 1.00. The third kappa shape index (κ3) is 5.10. The molecule has 0 nitrogen and oxygen atoms in total. The molecular weight excluding hydrogens is 232 g/mol. The first-order valence-electron chi connectivity index (χ1n) is 3.01. The average Bonchev–Trinajstić information content (AvgIpc) is 1.83. The second-order valence-electron chi connectivity index (χ2n) is 1.89. The summed E-state index contributed by atoms with van der Waals surface area (Å²) >= 11 is 6.93. The van der Waals surface area contributed by atoms with E-state index < -0.39 is 0 Å². The van der Waals surface area contributed by atoms with Crippen molar-refractivity contribution in [2.75, 3.05) is 5.33 Å². The molecule has 2 heteroatoms. The Bertz CT molecular complexity index is 45.8. The van der Waals surface area contributed by atoms with Gasteiger partial charge in [0.2, 0.25) is 0 Å². The maximum Gasteiger partial charge on any atom is 0.0242 e. The summed E-state index contributed by atoms with van der Waals surface area (Å²) in [5.74, 6) is 0. The molecule has 0 bridgehead atoms. The zero-order valence-corrected chi connectivity index (χ0v) is 8.33. The minimum Gasteiger partial charge on any atom is -0.0916 e. The molecule has 0 aliphatic carbocycles. The van der Waals surface area contributed by atoms with E-state index >= 15 is 0 Å². The van der Waals surface area contributed by atoms with E-state index in [1.807, 2.05) is 0 Å². The molecule has 0 radical (unpaired) electrons. The Morgan fingerprint density at radius 1 is 1.50 bits per heavy atom. The molecule has 0 N–H and O–H groups in total. The van der Waals surface area contributed by atoms with Crippen LogP contribution in [0.4, 0.5) is 0 Å². The first kappa shape index (κ1) is 8.96. The minimum atomic E-state index is 0.683. The van der Waals surface area contributed by atoms with Crippen LogP contribution in [-0.2, 0) is 0 Å². The smallest absolute Gasteiger partial charge is 0.0242 e. The molecular formula is C6H12Br2. The molecule has 0 heterocycles. The summed E-state index contributed by atoms with van der Waals surface area (Å²) in [6.07, 6.45) is 3.93. The molecule has 0 saturated heterocycles. The van der Waals surface area contributed by atoms with Crippen molar-refractivity contribution in [2.45, 2.75) is 31.0 Å². The molecule has 0 spiro atoms. The number of unbranched alkanes of at least 4 members (excludes halogenated alkanes) is 1. The summed E-state index contributed by atoms with van der Waals surface area (Å²) < 4.78 is 0. The van der Waals surface area contributed by atoms with E-state index in [0.717, 1.165) is 5.33 Å². The third-order valence-corrected chi connectivity index (χ3v) is 3.47. The molecule has 0 fully saturated rings. The van der Waals surface area contributed by atoms with E-state index in [1.165, 1.54) is 19.3 Å². The van der Waals surface area contributed by atoms with Crippen LogP contribution in [0.2, 0.25) is 0 Å². The normalized spacial score (nSPS) is 13.9. The molecule has 50 valence electrons. The van der Waals surface area contributed by atoms with Crippen molar-refractivity contribution in [3.63, 3.8) is 0 Å². The highest BCUT2D eigenvalue weighted by Gasteiger charge is 1.97. The maximum atomic E-state index is 3.53. The standard InChI is InChI=1S/C6H12Br2/c1-2-3-4-6(8)5-7/h6H,2-5H2,1H3/t6-/m0/s1. The summed E-state index contributed by atoms with van der Waals surface area (Å²) in [5.41, 5.74) is 0. The summed E-state index contributed by atoms with van der Waals surface area (Å²) in [4.78, 5) is 0.683. The summed E-state index contributed by atoms with van der Waals surface area (Å²) in [6, 6.07) is 0. The van der Waals surface area contributed by atoms with E-state index in [-0.39, 0.29) is 0 Å². The highest BCUT2D eigenvalue weighted by molar-refractivity contribution is 9.12. The molecule has 0 aromatic carbocycles. The topological polar surface area (TPSA) is 0 Å². The average molecular weight is 244 g/mol. The molecule has 0 aromatic rings. The Morgan fingerprint density at radius 2 is 2.12 bits per heavy atom. The lowest BCUT2D eigenvalue weighted by Gasteiger charge is -2.01. The number of hydrogen-bond donors (Lipinski definition) is 0. The zero-order chi connectivity index (χ0) is 6.41. The van der Waals surface area contributed by atoms with Crippen LogP contribution >= 0.6 is 31.9 Å². The molecule has 0 unspecified atom stereocenters. The fourth-order valence-electron chi connectivity index (χ4n) is 0.503. The number of alkyl halides is 2. The maximum absolute atomic E-state index is 3.53. The second kappa shape index (κ2) is 6.09. The van der Waals surface area contributed by atoms with Crippen molar-refractivity contribution in [2.24, 2.45) is 0 Å². The van der Waals surface area contributed by atoms with Gasteiger partial charge in [0.1, 0.15) is 0 Å². The summed E-state index contributed by atoms with van der Waals surface area (Å²) in [5, 5.41) is 1.08. The van der Waals surface area contributed by atoms with Gasteiger partial charge in [0.25, 0.3) is 0 Å². The molecule has 0 saturated carbocycles. The molecule has 0 amide bonds. The van der Waals surface area contributed by atoms with Crippen LogP contribution in [0.3, 0.4) is 0 Å². The van der Waals surface area contributed by atoms with Gasteiger partial charge in [-0.3, -0.25) is 0 Å². The predicted octanol–water partition coefficient (Wildman–Crippen LogP) is 3.34. The first-order valence-corrected chi connectivity index (χ1v) is 5.05. The van der Waals surface area contributed by atoms with Crippen molar-refractivity contribution >= 4 is 31.9 Å². The van der Waals surface area contributed by atoms with Gasteiger partial charge in [0.15, 0.2) is 0 Å². The SMILES string of the molecule is CCCC[C@H](Br)CBr. The number of halogens is 2. The van der Waals surface area contributed by atoms with Crippen molar-refractivity contribution < 1.29 is 0 Å². The van der Waals surface area contributed by atoms with E-state index in [4.69, 9.17) is 0 Å². The van der Waals surface area contributed by atoms with E-state index in [1.54, 1.807) is 0 Å². The monoisotopic (exact) mass is 242 g/mol. The highest BCUT2D eigenvalue weighted by Crippen LogP contribution is 2.11. The fourth-order valence-corrected chi connectivity index (χ4v) is 1.15. The molecule has 0 aliphatic rings. The van der Waals surface area contributed by atoms with Gasteiger partial charge >= 0.3 is 0 Å². The van der Waals surface area contributed by atoms with Gasteiger partial charge < -0.3 is 0 Å². The van der Waals surface area contributed by atoms with E-state index in [0.29, 0.717) is 4.83 Å². The van der Waals surface area contributed by atoms with E-state index in [9.17, 15) is 0 Å². The van der Waals surface area contributed by atoms with Crippen molar-refractivity contribution in [3.8, 4) is 0 Å². The Balaban J connectivity index is 2.86. The predicted molar refractivity (Wildman–Crippen MR) is 46.0 cm³/mol. The van der Waals surface area contributed by atoms with Crippen LogP contribution in [0.5, 0.6) is 0 Å². The summed E-state index contributed by atoms with van der Waals surface area (Å²) in [6.45, 7) is 2.22. The molecule has 0 rings (SSSR count). The van der Waals surface area contributed by atoms with Crippen LogP contribution in [0.25, 0.3) is 0 Å². The molecule has 0 aromatic heterocycles. The molecule has 8 heavy (non-hydrogen) atoms. The van der Waals surface area contributed by atoms with Crippen LogP contribution in [0, 0.1) is 0 Å². The van der Waals surface area contributed by atoms with Crippen LogP contribution in [0.15, 0.2) is 0 Å². The number of hydrogen-bond acceptors (Lipinski definition) is 0. The highest BCUT2D eigenvalue weighted by atomic mass is 79.9. The third-order valence-electron chi connectivity index (χ3n) is 1.04. The first-order chi connectivity index (χ1) is 3.81. The molecule has 0 aliphatic heterocycles. The summed E-state index contributed by atoms with van der Waals surface area (Å²) in [7, 11) is 0. The van der Waals surface area contributed by atoms with Gasteiger partial charge in [-0.15, -0.1) is 0 Å². The van der Waals surface area contributed by atoms with Crippen molar-refractivity contribution in [3.05, 3.63) is 0 Å². The van der Waals surface area contributed by atoms with Crippen molar-refractivity contribution in [1.29, 1.82) is 0 Å². The van der Waals surface area contributed by atoms with Gasteiger partial charge in [-0.2, -0.15) is 0 Å². The Kier molecular flexibility index (Phi) is 6.82. The van der Waals surface area contributed by atoms with Crippen LogP contribution < -0.4 is 0 Å². The molecule has 1 atom stereocenters. The largest absolute Gasteiger partial charge is 0.0916 e. The second-order valence-corrected chi connectivity index (χ2v) is 3.84. The number of rotatable bonds is 4. The van der Waals surface area contributed by atoms with Crippen molar-refractivity contribution in [1.82, 2.24) is 0 Å². The lowest BCUT2D eigenvalue weighted by Crippen LogP contribution is -1.96. The Labute approximate surface area is 68.3 Å². The van der Waals surface area contributed by atoms with Gasteiger partial charge in [-0.1, -0.05) is 51.6 Å². The van der Waals surface area contributed by atoms with Crippen LogP contribution in [-0.4, -0.2) is 10.2 Å². The quantitative estimate of drug-likeness (QED) is 0.665. The lowest BCUT2D eigenvalue weighted by molar-refractivity contribution is 0.725. The van der Waals surface area contributed by atoms with Gasteiger partial charge in [-0.05, 0) is 6.42 Å². The van der Waals surface area contributed by atoms with Gasteiger partial charge in [0.05, 0.1) is 0 Å². The Hall–Kier alpha value is 0.960. The van der Waals surface area contributed by atoms with Gasteiger partial charge in [0, 0.05) is 10.2 Å². The lowest BCUT2D eigenvalue weighted by atomic mass is 10.2. The van der Waals surface area contributed by atoms with E-state index in [2.05, 4.69) is 38.8 Å². The zero-order valence-electron chi connectivity index (χ0n) is 5.16. The Morgan fingerprint density at radius 3 is 2.50 bits per heavy atom. The minimum absolute atomic E-state index is 0.683.